The molecule has 11 nitrogen and oxygen atoms in total. The molecule has 0 saturated heterocycles. The Hall–Kier alpha value is -5.03. The van der Waals surface area contributed by atoms with Crippen LogP contribution in [-0.4, -0.2) is 59.9 Å². The van der Waals surface area contributed by atoms with Crippen LogP contribution in [0.3, 0.4) is 0 Å². The Balaban J connectivity index is 1.17. The molecular formula is C36H33N5O6PS+. The number of benzene rings is 4. The molecule has 0 fully saturated rings. The number of hydrogen-bond acceptors (Lipinski definition) is 7. The molecule has 2 aliphatic carbocycles. The Labute approximate surface area is 289 Å². The number of nitrogens with one attached hydrogen (secondary N) is 1. The van der Waals surface area contributed by atoms with E-state index < -0.39 is 30.2 Å². The van der Waals surface area contributed by atoms with Gasteiger partial charge in [0.25, 0.3) is 0 Å². The fraction of sp³-hybridized carbons (Fsp3) is 0.222. The van der Waals surface area contributed by atoms with Gasteiger partial charge in [-0.15, -0.1) is 0 Å². The van der Waals surface area contributed by atoms with E-state index >= 15 is 0 Å². The van der Waals surface area contributed by atoms with Crippen LogP contribution in [0.5, 0.6) is 0 Å². The van der Waals surface area contributed by atoms with Crippen molar-refractivity contribution in [3.63, 3.8) is 0 Å². The number of guanidine groups is 1. The summed E-state index contributed by atoms with van der Waals surface area (Å²) in [5, 5.41) is 9.57. The third-order valence-electron chi connectivity index (χ3n) is 8.80. The summed E-state index contributed by atoms with van der Waals surface area (Å²) in [7, 11) is 0.214. The van der Waals surface area contributed by atoms with Gasteiger partial charge < -0.3 is 0 Å². The van der Waals surface area contributed by atoms with Crippen LogP contribution < -0.4 is 11.2 Å². The number of carbonyl (C=O) groups excluding carboxylic acids is 2. The zero-order valence-corrected chi connectivity index (χ0v) is 28.0. The summed E-state index contributed by atoms with van der Waals surface area (Å²) >= 11 is 4.74. The van der Waals surface area contributed by atoms with Crippen LogP contribution in [0.15, 0.2) is 107 Å². The van der Waals surface area contributed by atoms with Crippen molar-refractivity contribution in [2.24, 2.45) is 15.6 Å². The van der Waals surface area contributed by atoms with Crippen molar-refractivity contribution in [1.29, 1.82) is 0 Å². The van der Waals surface area contributed by atoms with Gasteiger partial charge in [-0.2, -0.15) is 0 Å². The van der Waals surface area contributed by atoms with Gasteiger partial charge in [0.15, 0.2) is 0 Å². The quantitative estimate of drug-likeness (QED) is 0.0663. The molecule has 4 N–H and O–H groups in total. The number of aliphatic carboxylic acids is 1. The first kappa shape index (κ1) is 33.9. The van der Waals surface area contributed by atoms with Crippen LogP contribution in [0.2, 0.25) is 0 Å². The summed E-state index contributed by atoms with van der Waals surface area (Å²) < 4.78 is 11.4. The van der Waals surface area contributed by atoms with E-state index in [-0.39, 0.29) is 51.6 Å². The number of nitrogens with two attached hydrogens (primary N) is 1. The van der Waals surface area contributed by atoms with Gasteiger partial charge in [-0.05, 0) is 33.4 Å². The van der Waals surface area contributed by atoms with Crippen LogP contribution in [0.1, 0.15) is 46.9 Å². The van der Waals surface area contributed by atoms with E-state index in [9.17, 15) is 19.5 Å². The number of amides is 2. The normalized spacial score (nSPS) is 13.8. The third kappa shape index (κ3) is 7.36. The van der Waals surface area contributed by atoms with E-state index in [1.165, 1.54) is 0 Å². The number of carbonyl (C=O) groups is 3. The number of nitrogens with zero attached hydrogens (tertiary/aromatic N) is 3. The zero-order valence-electron chi connectivity index (χ0n) is 26.3. The minimum atomic E-state index is -1.13. The number of ether oxygens (including phenoxy) is 2. The van der Waals surface area contributed by atoms with Crippen molar-refractivity contribution < 1.29 is 29.0 Å². The van der Waals surface area contributed by atoms with Gasteiger partial charge in [0.1, 0.15) is 0 Å². The Bertz CT molecular complexity index is 1890. The number of carboxylic acid groups (broad SMARTS) is 1. The van der Waals surface area contributed by atoms with Gasteiger partial charge in [-0.3, -0.25) is 0 Å². The third-order valence-corrected chi connectivity index (χ3v) is 9.24. The van der Waals surface area contributed by atoms with E-state index in [4.69, 9.17) is 27.0 Å². The molecule has 2 amide bonds. The summed E-state index contributed by atoms with van der Waals surface area (Å²) in [5.41, 5.74) is 17.2. The van der Waals surface area contributed by atoms with Crippen LogP contribution >= 0.6 is 7.15 Å². The Kier molecular flexibility index (Phi) is 10.7. The van der Waals surface area contributed by atoms with E-state index in [0.29, 0.717) is 0 Å². The average Bonchev–Trinajstić information content (AvgIpc) is 3.61. The number of aliphatic imine (C=N–C) groups is 1. The van der Waals surface area contributed by atoms with E-state index in [2.05, 4.69) is 15.3 Å². The molecule has 0 radical (unpaired) electrons. The molecule has 0 spiro atoms. The molecule has 4 aromatic rings. The molecule has 0 aliphatic heterocycles. The van der Waals surface area contributed by atoms with E-state index in [0.717, 1.165) is 49.4 Å². The molecule has 1 unspecified atom stereocenters. The van der Waals surface area contributed by atoms with Crippen molar-refractivity contribution in [2.45, 2.75) is 30.7 Å². The first-order valence-electron chi connectivity index (χ1n) is 15.7. The van der Waals surface area contributed by atoms with E-state index in [1.807, 2.05) is 97.1 Å². The van der Waals surface area contributed by atoms with Gasteiger partial charge in [-0.1, -0.05) is 97.1 Å². The Morgan fingerprint density at radius 3 is 1.69 bits per heavy atom. The maximum atomic E-state index is 13.6. The molecule has 2 aliphatic rings. The second kappa shape index (κ2) is 15.5. The molecule has 1 atom stereocenters. The maximum absolute atomic E-state index is 13.6. The fourth-order valence-corrected chi connectivity index (χ4v) is 6.87. The predicted molar refractivity (Wildman–Crippen MR) is 189 cm³/mol. The fourth-order valence-electron chi connectivity index (χ4n) is 6.54. The SMILES string of the molecule is NC(=NC(=O)OCC1c2ccccc2-c2ccccc21)N(CCCC(NN=[P+]=S)C(=O)O)C(=O)OCC1c2ccccc2-c2ccccc21. The molecule has 0 bridgehead atoms. The van der Waals surface area contributed by atoms with Crippen LogP contribution in [0, 0.1) is 0 Å². The number of carboxylic acids is 1. The summed E-state index contributed by atoms with van der Waals surface area (Å²) in [6.07, 6.45) is -1.55. The smallest absolute Gasteiger partial charge is 0.0619 e. The summed E-state index contributed by atoms with van der Waals surface area (Å²) in [6.45, 7) is -0.0520. The molecule has 0 aromatic heterocycles. The zero-order chi connectivity index (χ0) is 34.3. The van der Waals surface area contributed by atoms with Gasteiger partial charge in [0, 0.05) is 5.92 Å². The van der Waals surface area contributed by atoms with Gasteiger partial charge in [0.05, 0.1) is 0 Å². The first-order chi connectivity index (χ1) is 23.9. The molecule has 49 heavy (non-hydrogen) atoms. The number of rotatable bonds is 11. The van der Waals surface area contributed by atoms with Crippen molar-refractivity contribution in [3.8, 4) is 22.3 Å². The topological polar surface area (TPSA) is 156 Å². The summed E-state index contributed by atoms with van der Waals surface area (Å²) in [6, 6.07) is 30.7. The molecular weight excluding hydrogens is 661 g/mol. The monoisotopic (exact) mass is 694 g/mol. The number of fused-ring (bicyclic) bond motifs is 6. The summed E-state index contributed by atoms with van der Waals surface area (Å²) in [4.78, 5) is 47.0. The van der Waals surface area contributed by atoms with E-state index in [1.54, 1.807) is 0 Å². The van der Waals surface area contributed by atoms with Crippen molar-refractivity contribution in [2.75, 3.05) is 19.8 Å². The Morgan fingerprint density at radius 1 is 0.796 bits per heavy atom. The van der Waals surface area contributed by atoms with Crippen molar-refractivity contribution in [1.82, 2.24) is 10.3 Å². The van der Waals surface area contributed by atoms with Crippen molar-refractivity contribution in [3.05, 3.63) is 119 Å². The Morgan fingerprint density at radius 2 is 1.24 bits per heavy atom. The summed E-state index contributed by atoms with van der Waals surface area (Å²) in [5.74, 6) is -1.96. The van der Waals surface area contributed by atoms with Crippen LogP contribution in [0.25, 0.3) is 22.3 Å². The van der Waals surface area contributed by atoms with Gasteiger partial charge >= 0.3 is 154 Å². The van der Waals surface area contributed by atoms with Crippen LogP contribution in [-0.2, 0) is 26.1 Å². The second-order valence-corrected chi connectivity index (χ2v) is 12.4. The molecule has 0 heterocycles. The molecule has 13 heteroatoms. The number of hydrogen-bond donors (Lipinski definition) is 3. The average molecular weight is 695 g/mol. The molecule has 4 aromatic carbocycles. The van der Waals surface area contributed by atoms with Crippen molar-refractivity contribution >= 4 is 43.1 Å². The molecule has 0 saturated carbocycles. The molecule has 248 valence electrons. The predicted octanol–water partition coefficient (Wildman–Crippen LogP) is 6.83. The second-order valence-electron chi connectivity index (χ2n) is 11.6. The standard InChI is InChI=1S/C36H32N5O6PS/c37-34(38-35(44)46-20-30-26-14-5-1-10-22(26)23-11-2-6-15-27(23)30)41(19-9-18-32(33(42)43)39-40-48-49)36(45)47-21-31-28-16-7-3-12-24(28)25-13-4-8-17-29(25)31/h1-8,10-17,30-32,39H,9,18-21H2,(H2-,37,38,42,43,44)/p+1. The van der Waals surface area contributed by atoms with Crippen LogP contribution in [0.4, 0.5) is 9.59 Å². The van der Waals surface area contributed by atoms with Gasteiger partial charge in [-0.25, -0.2) is 0 Å². The van der Waals surface area contributed by atoms with Gasteiger partial charge in [0.2, 0.25) is 0 Å². The molecule has 6 rings (SSSR count). The minimum absolute atomic E-state index is 0.0116. The minimum Gasteiger partial charge on any atom is -0.0619 e. The first-order valence-corrected chi connectivity index (χ1v) is 17.6.